The fourth-order valence-corrected chi connectivity index (χ4v) is 4.22. The van der Waals surface area contributed by atoms with Crippen LogP contribution in [0.15, 0.2) is 18.2 Å². The van der Waals surface area contributed by atoms with Crippen LogP contribution in [0.25, 0.3) is 10.2 Å². The van der Waals surface area contributed by atoms with Gasteiger partial charge in [0.1, 0.15) is 0 Å². The van der Waals surface area contributed by atoms with Crippen LogP contribution in [-0.2, 0) is 0 Å². The fourth-order valence-electron chi connectivity index (χ4n) is 2.44. The summed E-state index contributed by atoms with van der Waals surface area (Å²) in [5.41, 5.74) is 2.35. The predicted molar refractivity (Wildman–Crippen MR) is 82.9 cm³/mol. The molecule has 2 nitrogen and oxygen atoms in total. The van der Waals surface area contributed by atoms with Gasteiger partial charge in [-0.05, 0) is 44.2 Å². The Morgan fingerprint density at radius 2 is 2.28 bits per heavy atom. The van der Waals surface area contributed by atoms with Crippen LogP contribution in [0.2, 0.25) is 0 Å². The summed E-state index contributed by atoms with van der Waals surface area (Å²) < 4.78 is 1.77. The topological polar surface area (TPSA) is 24.9 Å². The minimum Gasteiger partial charge on any atom is -0.384 e. The minimum absolute atomic E-state index is 0.485. The second kappa shape index (κ2) is 4.74. The maximum atomic E-state index is 4.49. The Morgan fingerprint density at radius 1 is 1.44 bits per heavy atom. The van der Waals surface area contributed by atoms with E-state index in [-0.39, 0.29) is 0 Å². The number of hydrogen-bond donors (Lipinski definition) is 1. The number of anilines is 1. The molecule has 4 heteroatoms. The van der Waals surface area contributed by atoms with Crippen molar-refractivity contribution in [3.8, 4) is 0 Å². The summed E-state index contributed by atoms with van der Waals surface area (Å²) in [6.45, 7) is 3.15. The quantitative estimate of drug-likeness (QED) is 0.902. The van der Waals surface area contributed by atoms with Crippen molar-refractivity contribution in [3.63, 3.8) is 0 Å². The van der Waals surface area contributed by atoms with Gasteiger partial charge in [0.2, 0.25) is 0 Å². The first kappa shape index (κ1) is 12.3. The molecule has 18 heavy (non-hydrogen) atoms. The standard InChI is InChI=1S/C14H18N2S2/c1-10-16-12-5-4-11(8-13(12)18-10)15-9-14(17-2)6-3-7-14/h4-5,8,15H,3,6-7,9H2,1-2H3. The van der Waals surface area contributed by atoms with Crippen LogP contribution in [0.3, 0.4) is 0 Å². The summed E-state index contributed by atoms with van der Waals surface area (Å²) in [7, 11) is 0. The lowest BCUT2D eigenvalue weighted by Gasteiger charge is -2.40. The second-order valence-corrected chi connectivity index (χ2v) is 7.52. The number of thioether (sulfide) groups is 1. The van der Waals surface area contributed by atoms with E-state index in [1.807, 2.05) is 11.8 Å². The number of benzene rings is 1. The lowest BCUT2D eigenvalue weighted by atomic mass is 9.84. The monoisotopic (exact) mass is 278 g/mol. The van der Waals surface area contributed by atoms with Gasteiger partial charge in [-0.1, -0.05) is 6.42 Å². The number of rotatable bonds is 4. The number of fused-ring (bicyclic) bond motifs is 1. The molecule has 1 aliphatic carbocycles. The molecule has 0 saturated heterocycles. The maximum Gasteiger partial charge on any atom is 0.0907 e. The first-order valence-corrected chi connectivity index (χ1v) is 8.41. The van der Waals surface area contributed by atoms with Gasteiger partial charge in [-0.15, -0.1) is 11.3 Å². The zero-order chi connectivity index (χ0) is 12.6. The van der Waals surface area contributed by atoms with Gasteiger partial charge in [-0.25, -0.2) is 4.98 Å². The molecule has 0 aliphatic heterocycles. The van der Waals surface area contributed by atoms with Crippen molar-refractivity contribution in [3.05, 3.63) is 23.2 Å². The molecule has 1 aromatic heterocycles. The number of nitrogens with zero attached hydrogens (tertiary/aromatic N) is 1. The molecule has 2 aromatic rings. The Morgan fingerprint density at radius 3 is 2.94 bits per heavy atom. The highest BCUT2D eigenvalue weighted by molar-refractivity contribution is 8.00. The highest BCUT2D eigenvalue weighted by atomic mass is 32.2. The van der Waals surface area contributed by atoms with E-state index >= 15 is 0 Å². The molecule has 96 valence electrons. The average molecular weight is 278 g/mol. The van der Waals surface area contributed by atoms with Crippen LogP contribution in [0.5, 0.6) is 0 Å². The van der Waals surface area contributed by atoms with Gasteiger partial charge in [0.05, 0.1) is 15.2 Å². The van der Waals surface area contributed by atoms with Crippen molar-refractivity contribution in [2.45, 2.75) is 30.9 Å². The van der Waals surface area contributed by atoms with Crippen LogP contribution in [0.4, 0.5) is 5.69 Å². The van der Waals surface area contributed by atoms with Crippen molar-refractivity contribution >= 4 is 39.0 Å². The first-order valence-electron chi connectivity index (χ1n) is 6.37. The van der Waals surface area contributed by atoms with E-state index in [9.17, 15) is 0 Å². The van der Waals surface area contributed by atoms with Crippen LogP contribution in [-0.4, -0.2) is 22.5 Å². The van der Waals surface area contributed by atoms with Crippen LogP contribution >= 0.6 is 23.1 Å². The Labute approximate surface area is 116 Å². The molecule has 1 fully saturated rings. The molecule has 0 bridgehead atoms. The summed E-state index contributed by atoms with van der Waals surface area (Å²) in [6, 6.07) is 6.49. The largest absolute Gasteiger partial charge is 0.384 e. The number of nitrogens with one attached hydrogen (secondary N) is 1. The maximum absolute atomic E-state index is 4.49. The third-order valence-corrected chi connectivity index (χ3v) is 6.16. The smallest absolute Gasteiger partial charge is 0.0907 e. The van der Waals surface area contributed by atoms with Gasteiger partial charge < -0.3 is 5.32 Å². The summed E-state index contributed by atoms with van der Waals surface area (Å²) in [6.07, 6.45) is 6.32. The third kappa shape index (κ3) is 2.24. The molecule has 1 aliphatic rings. The molecule has 0 atom stereocenters. The predicted octanol–water partition coefficient (Wildman–Crippen LogP) is 4.30. The van der Waals surface area contributed by atoms with Crippen molar-refractivity contribution in [2.75, 3.05) is 18.1 Å². The van der Waals surface area contributed by atoms with E-state index in [0.29, 0.717) is 4.75 Å². The summed E-state index contributed by atoms with van der Waals surface area (Å²) in [4.78, 5) is 4.49. The lowest BCUT2D eigenvalue weighted by Crippen LogP contribution is -2.40. The summed E-state index contributed by atoms with van der Waals surface area (Å²) in [5, 5.41) is 4.74. The van der Waals surface area contributed by atoms with E-state index in [1.165, 1.54) is 29.6 Å². The molecule has 1 saturated carbocycles. The molecule has 1 N–H and O–H groups in total. The summed E-state index contributed by atoms with van der Waals surface area (Å²) in [5.74, 6) is 0. The van der Waals surface area contributed by atoms with E-state index < -0.39 is 0 Å². The highest BCUT2D eigenvalue weighted by Crippen LogP contribution is 2.42. The fraction of sp³-hybridized carbons (Fsp3) is 0.500. The van der Waals surface area contributed by atoms with Gasteiger partial charge in [0.25, 0.3) is 0 Å². The SMILES string of the molecule is CSC1(CNc2ccc3nc(C)sc3c2)CCC1. The molecule has 3 rings (SSSR count). The van der Waals surface area contributed by atoms with Gasteiger partial charge in [0.15, 0.2) is 0 Å². The van der Waals surface area contributed by atoms with Crippen molar-refractivity contribution < 1.29 is 0 Å². The van der Waals surface area contributed by atoms with Gasteiger partial charge in [-0.2, -0.15) is 11.8 Å². The Bertz CT molecular complexity index is 552. The van der Waals surface area contributed by atoms with Gasteiger partial charge in [0, 0.05) is 17.0 Å². The Balaban J connectivity index is 1.74. The van der Waals surface area contributed by atoms with Crippen molar-refractivity contribution in [1.29, 1.82) is 0 Å². The van der Waals surface area contributed by atoms with Crippen molar-refractivity contribution in [2.24, 2.45) is 0 Å². The molecule has 1 aromatic carbocycles. The van der Waals surface area contributed by atoms with E-state index in [0.717, 1.165) is 17.1 Å². The Kier molecular flexibility index (Phi) is 3.24. The third-order valence-electron chi connectivity index (χ3n) is 3.81. The van der Waals surface area contributed by atoms with Crippen LogP contribution < -0.4 is 5.32 Å². The molecule has 0 radical (unpaired) electrons. The second-order valence-electron chi connectivity index (χ2n) is 5.01. The first-order chi connectivity index (χ1) is 8.71. The van der Waals surface area contributed by atoms with E-state index in [4.69, 9.17) is 0 Å². The summed E-state index contributed by atoms with van der Waals surface area (Å²) >= 11 is 3.78. The van der Waals surface area contributed by atoms with E-state index in [1.54, 1.807) is 11.3 Å². The minimum atomic E-state index is 0.485. The molecular weight excluding hydrogens is 260 g/mol. The normalized spacial score (nSPS) is 17.7. The number of aryl methyl sites for hydroxylation is 1. The van der Waals surface area contributed by atoms with Crippen LogP contribution in [0.1, 0.15) is 24.3 Å². The Hall–Kier alpha value is -0.740. The molecular formula is C14H18N2S2. The zero-order valence-electron chi connectivity index (χ0n) is 10.8. The number of thiazole rings is 1. The zero-order valence-corrected chi connectivity index (χ0v) is 12.5. The van der Waals surface area contributed by atoms with Crippen molar-refractivity contribution in [1.82, 2.24) is 4.98 Å². The molecule has 0 unspecified atom stereocenters. The van der Waals surface area contributed by atoms with E-state index in [2.05, 4.69) is 41.7 Å². The molecule has 0 amide bonds. The molecule has 1 heterocycles. The van der Waals surface area contributed by atoms with Gasteiger partial charge >= 0.3 is 0 Å². The number of aromatic nitrogens is 1. The van der Waals surface area contributed by atoms with Crippen LogP contribution in [0, 0.1) is 6.92 Å². The molecule has 0 spiro atoms. The lowest BCUT2D eigenvalue weighted by molar-refractivity contribution is 0.380. The van der Waals surface area contributed by atoms with Gasteiger partial charge in [-0.3, -0.25) is 0 Å². The average Bonchev–Trinajstić information content (AvgIpc) is 2.67. The number of hydrogen-bond acceptors (Lipinski definition) is 4. The highest BCUT2D eigenvalue weighted by Gasteiger charge is 2.35.